The molecule has 4 rings (SSSR count). The number of nitrogens with zero attached hydrogens (tertiary/aromatic N) is 4. The minimum absolute atomic E-state index is 0.0268. The van der Waals surface area contributed by atoms with Crippen molar-refractivity contribution in [3.8, 4) is 0 Å². The maximum atomic E-state index is 14.8. The Bertz CT molecular complexity index is 1580. The van der Waals surface area contributed by atoms with E-state index >= 15 is 0 Å². The number of nitrogens with one attached hydrogen (secondary N) is 4. The molecule has 4 saturated heterocycles. The number of hydrogen-bond acceptors (Lipinski definition) is 15. The largest absolute Gasteiger partial charge is 0.458 e. The molecule has 8 N–H and O–H groups in total. The van der Waals surface area contributed by atoms with Crippen molar-refractivity contribution in [3.63, 3.8) is 0 Å². The average Bonchev–Trinajstić information content (AvgIpc) is 3.22. The molecule has 0 aromatic rings. The van der Waals surface area contributed by atoms with Gasteiger partial charge < -0.3 is 30.3 Å². The molecule has 0 saturated carbocycles. The predicted molar refractivity (Wildman–Crippen MR) is 205 cm³/mol. The van der Waals surface area contributed by atoms with E-state index < -0.39 is 108 Å². The van der Waals surface area contributed by atoms with Gasteiger partial charge in [-0.15, -0.1) is 0 Å². The van der Waals surface area contributed by atoms with E-state index in [2.05, 4.69) is 35.3 Å². The number of aliphatic hydroxyl groups is 2. The smallest absolute Gasteiger partial charge is 0.331 e. The first kappa shape index (κ1) is 47.7. The van der Waals surface area contributed by atoms with Gasteiger partial charge in [-0.3, -0.25) is 49.2 Å². The van der Waals surface area contributed by atoms with Crippen molar-refractivity contribution in [1.29, 1.82) is 0 Å². The van der Waals surface area contributed by atoms with Gasteiger partial charge in [-0.2, -0.15) is 0 Å². The van der Waals surface area contributed by atoms with Crippen LogP contribution in [0.15, 0.2) is 0 Å². The second-order valence-corrected chi connectivity index (χ2v) is 16.9. The van der Waals surface area contributed by atoms with Crippen molar-refractivity contribution in [3.05, 3.63) is 0 Å². The zero-order valence-electron chi connectivity index (χ0n) is 35.3. The predicted octanol–water partition coefficient (Wildman–Crippen LogP) is -0.936. The summed E-state index contributed by atoms with van der Waals surface area (Å²) < 4.78 is 11.8. The molecule has 4 aliphatic heterocycles. The minimum atomic E-state index is -2.70. The molecular formula is C38H64N8O13. The molecule has 6 amide bonds. The van der Waals surface area contributed by atoms with Gasteiger partial charge in [0, 0.05) is 19.5 Å². The standard InChI is InChI=1S/C38H64N8O13/c1-9-21(4)18-25-14-15-38(55,59-24(25)7)37(8,54)36(53)42-29-30(20(2)3)58-35(52)23(6)46(57)32(49)26-12-10-16-40-43(26)28(47)19-39-31(48)22(5)45(56)33(50)27-13-11-17-41-44(27)34(29)51/h20-27,29-30,40-41,54-57H,9-19H2,1-8H3,(H,39,48)(H,42,53)/t21-,22-,23+,24+,25+,26?,27?,29-,30-,37+,38+/m0/s1. The highest BCUT2D eigenvalue weighted by atomic mass is 16.6. The van der Waals surface area contributed by atoms with E-state index in [1.54, 1.807) is 20.8 Å². The molecule has 334 valence electrons. The van der Waals surface area contributed by atoms with Crippen molar-refractivity contribution in [1.82, 2.24) is 41.6 Å². The second-order valence-electron chi connectivity index (χ2n) is 16.9. The number of rotatable bonds is 7. The van der Waals surface area contributed by atoms with Crippen molar-refractivity contribution in [2.24, 2.45) is 17.8 Å². The van der Waals surface area contributed by atoms with Crippen LogP contribution >= 0.6 is 0 Å². The molecule has 4 heterocycles. The third-order valence-corrected chi connectivity index (χ3v) is 12.2. The van der Waals surface area contributed by atoms with E-state index in [0.29, 0.717) is 25.2 Å². The Hall–Kier alpha value is -3.99. The normalized spacial score (nSPS) is 34.1. The molecule has 0 aliphatic carbocycles. The lowest BCUT2D eigenvalue weighted by Crippen LogP contribution is -2.70. The van der Waals surface area contributed by atoms with Gasteiger partial charge in [0.05, 0.1) is 12.6 Å². The number of cyclic esters (lactones) is 1. The van der Waals surface area contributed by atoms with Crippen LogP contribution < -0.4 is 21.5 Å². The Balaban J connectivity index is 1.76. The van der Waals surface area contributed by atoms with Gasteiger partial charge >= 0.3 is 5.97 Å². The van der Waals surface area contributed by atoms with Gasteiger partial charge in [0.1, 0.15) is 30.3 Å². The maximum Gasteiger partial charge on any atom is 0.331 e. The molecule has 2 unspecified atom stereocenters. The number of hydroxylamine groups is 4. The number of carbonyl (C=O) groups excluding carboxylic acids is 7. The van der Waals surface area contributed by atoms with E-state index in [-0.39, 0.29) is 48.4 Å². The van der Waals surface area contributed by atoms with Crippen LogP contribution in [0.3, 0.4) is 0 Å². The third-order valence-electron chi connectivity index (χ3n) is 12.2. The summed E-state index contributed by atoms with van der Waals surface area (Å²) >= 11 is 0. The Morgan fingerprint density at radius 3 is 2.02 bits per heavy atom. The number of hydrogen-bond donors (Lipinski definition) is 8. The van der Waals surface area contributed by atoms with Crippen molar-refractivity contribution in [2.75, 3.05) is 19.6 Å². The van der Waals surface area contributed by atoms with Gasteiger partial charge in [0.15, 0.2) is 11.6 Å². The fraction of sp³-hybridized carbons (Fsp3) is 0.816. The van der Waals surface area contributed by atoms with Crippen LogP contribution in [0.2, 0.25) is 0 Å². The summed E-state index contributed by atoms with van der Waals surface area (Å²) in [6.45, 7) is 12.1. The summed E-state index contributed by atoms with van der Waals surface area (Å²) in [4.78, 5) is 96.8. The van der Waals surface area contributed by atoms with Crippen LogP contribution in [0.1, 0.15) is 107 Å². The summed E-state index contributed by atoms with van der Waals surface area (Å²) in [5.74, 6) is -10.4. The quantitative estimate of drug-likeness (QED) is 0.114. The average molecular weight is 841 g/mol. The summed E-state index contributed by atoms with van der Waals surface area (Å²) in [6.07, 6.45) is 0.550. The second kappa shape index (κ2) is 19.6. The van der Waals surface area contributed by atoms with E-state index in [1.165, 1.54) is 6.92 Å². The van der Waals surface area contributed by atoms with Gasteiger partial charge in [0.2, 0.25) is 11.7 Å². The lowest BCUT2D eigenvalue weighted by atomic mass is 9.79. The molecule has 0 aromatic carbocycles. The molecule has 0 aromatic heterocycles. The Labute approximate surface area is 344 Å². The third kappa shape index (κ3) is 10.3. The number of esters is 1. The summed E-state index contributed by atoms with van der Waals surface area (Å²) in [7, 11) is 0. The fourth-order valence-electron chi connectivity index (χ4n) is 7.87. The number of fused-ring (bicyclic) bond motifs is 2. The zero-order valence-corrected chi connectivity index (χ0v) is 35.3. The van der Waals surface area contributed by atoms with E-state index in [0.717, 1.165) is 36.7 Å². The van der Waals surface area contributed by atoms with Crippen LogP contribution in [0.5, 0.6) is 0 Å². The Kier molecular flexibility index (Phi) is 15.8. The molecule has 0 bridgehead atoms. The van der Waals surface area contributed by atoms with Crippen molar-refractivity contribution < 1.29 is 63.7 Å². The van der Waals surface area contributed by atoms with E-state index in [4.69, 9.17) is 9.47 Å². The topological polar surface area (TPSA) is 280 Å². The first-order valence-electron chi connectivity index (χ1n) is 20.7. The molecule has 4 aliphatic rings. The van der Waals surface area contributed by atoms with Gasteiger partial charge in [-0.25, -0.2) is 25.8 Å². The minimum Gasteiger partial charge on any atom is -0.458 e. The van der Waals surface area contributed by atoms with E-state index in [9.17, 15) is 54.2 Å². The van der Waals surface area contributed by atoms with Gasteiger partial charge in [0.25, 0.3) is 29.5 Å². The SMILES string of the molecule is CC[C@H](C)C[C@H]1CC[C@](O)([C@](C)(O)C(=O)N[C@@H]2C(=O)N3NCCCC3C(=O)N(O)[C@@H](C)C(=O)NCC(=O)N3NCCCC3C(=O)N(O)[C@H](C)C(=O)O[C@H]2C(C)C)O[C@@H]1C. The maximum absolute atomic E-state index is 14.8. The molecular weight excluding hydrogens is 776 g/mol. The highest BCUT2D eigenvalue weighted by Gasteiger charge is 2.57. The zero-order chi connectivity index (χ0) is 44.1. The Morgan fingerprint density at radius 1 is 0.898 bits per heavy atom. The lowest BCUT2D eigenvalue weighted by molar-refractivity contribution is -0.326. The molecule has 0 radical (unpaired) electrons. The van der Waals surface area contributed by atoms with Crippen molar-refractivity contribution in [2.45, 2.75) is 161 Å². The molecule has 21 heteroatoms. The van der Waals surface area contributed by atoms with Crippen LogP contribution in [0.4, 0.5) is 0 Å². The number of amides is 6. The monoisotopic (exact) mass is 840 g/mol. The van der Waals surface area contributed by atoms with E-state index in [1.807, 2.05) is 0 Å². The number of carbonyl (C=O) groups is 7. The summed E-state index contributed by atoms with van der Waals surface area (Å²) in [5.41, 5.74) is 2.85. The summed E-state index contributed by atoms with van der Waals surface area (Å²) in [5, 5.41) is 52.4. The van der Waals surface area contributed by atoms with Crippen LogP contribution in [-0.4, -0.2) is 156 Å². The van der Waals surface area contributed by atoms with Crippen molar-refractivity contribution >= 4 is 41.4 Å². The van der Waals surface area contributed by atoms with Crippen LogP contribution in [-0.2, 0) is 43.0 Å². The summed E-state index contributed by atoms with van der Waals surface area (Å²) in [6, 6.07) is -8.05. The Morgan fingerprint density at radius 2 is 1.46 bits per heavy atom. The highest BCUT2D eigenvalue weighted by molar-refractivity contribution is 5.97. The molecule has 0 spiro atoms. The lowest BCUT2D eigenvalue weighted by Gasteiger charge is -2.47. The number of hydrazine groups is 2. The molecule has 11 atom stereocenters. The molecule has 59 heavy (non-hydrogen) atoms. The van der Waals surface area contributed by atoms with Crippen LogP contribution in [0.25, 0.3) is 0 Å². The van der Waals surface area contributed by atoms with Gasteiger partial charge in [-0.1, -0.05) is 34.1 Å². The molecule has 4 fully saturated rings. The first-order valence-corrected chi connectivity index (χ1v) is 20.7. The first-order chi connectivity index (χ1) is 27.6. The van der Waals surface area contributed by atoms with Crippen LogP contribution in [0, 0.1) is 17.8 Å². The highest BCUT2D eigenvalue weighted by Crippen LogP contribution is 2.40. The van der Waals surface area contributed by atoms with Gasteiger partial charge in [-0.05, 0) is 84.0 Å². The molecule has 21 nitrogen and oxygen atoms in total. The number of ether oxygens (including phenoxy) is 2. The fourth-order valence-corrected chi connectivity index (χ4v) is 7.87.